The van der Waals surface area contributed by atoms with Gasteiger partial charge in [0.15, 0.2) is 0 Å². The zero-order chi connectivity index (χ0) is 13.7. The highest BCUT2D eigenvalue weighted by Crippen LogP contribution is 2.21. The predicted octanol–water partition coefficient (Wildman–Crippen LogP) is 3.04. The molecule has 0 amide bonds. The van der Waals surface area contributed by atoms with Crippen LogP contribution in [0, 0.1) is 11.7 Å². The number of nitrogens with zero attached hydrogens (tertiary/aromatic N) is 1. The molecule has 19 heavy (non-hydrogen) atoms. The van der Waals surface area contributed by atoms with Crippen molar-refractivity contribution in [3.63, 3.8) is 0 Å². The fourth-order valence-corrected chi connectivity index (χ4v) is 2.98. The van der Waals surface area contributed by atoms with E-state index in [0.29, 0.717) is 6.04 Å². The van der Waals surface area contributed by atoms with Crippen LogP contribution in [0.25, 0.3) is 0 Å². The number of piperidine rings is 1. The molecule has 106 valence electrons. The summed E-state index contributed by atoms with van der Waals surface area (Å²) in [5.41, 5.74) is 1.21. The largest absolute Gasteiger partial charge is 0.314 e. The van der Waals surface area contributed by atoms with Gasteiger partial charge in [-0.3, -0.25) is 4.90 Å². The zero-order valence-corrected chi connectivity index (χ0v) is 12.0. The van der Waals surface area contributed by atoms with Crippen LogP contribution in [0.2, 0.25) is 0 Å². The quantitative estimate of drug-likeness (QED) is 0.879. The van der Waals surface area contributed by atoms with Gasteiger partial charge < -0.3 is 5.32 Å². The van der Waals surface area contributed by atoms with Crippen molar-refractivity contribution in [1.29, 1.82) is 0 Å². The summed E-state index contributed by atoms with van der Waals surface area (Å²) in [6, 6.07) is 7.48. The first-order valence-electron chi connectivity index (χ1n) is 7.39. The molecule has 2 atom stereocenters. The molecule has 1 aromatic carbocycles. The lowest BCUT2D eigenvalue weighted by molar-refractivity contribution is 0.145. The summed E-state index contributed by atoms with van der Waals surface area (Å²) in [6.45, 7) is 8.73. The first-order chi connectivity index (χ1) is 9.19. The lowest BCUT2D eigenvalue weighted by atomic mass is 9.91. The fraction of sp³-hybridized carbons (Fsp3) is 0.625. The Morgan fingerprint density at radius 2 is 2.11 bits per heavy atom. The molecule has 1 heterocycles. The molecule has 0 aromatic heterocycles. The molecule has 1 N–H and O–H groups in total. The summed E-state index contributed by atoms with van der Waals surface area (Å²) >= 11 is 0. The zero-order valence-electron chi connectivity index (χ0n) is 12.0. The standard InChI is InChI=1S/C16H25FN2/c1-3-18-13(2)15-5-4-10-19(12-15)11-14-6-8-16(17)9-7-14/h6-9,13,15,18H,3-5,10-12H2,1-2H3. The van der Waals surface area contributed by atoms with Crippen molar-refractivity contribution < 1.29 is 4.39 Å². The van der Waals surface area contributed by atoms with Crippen molar-refractivity contribution >= 4 is 0 Å². The Hall–Kier alpha value is -0.930. The van der Waals surface area contributed by atoms with Gasteiger partial charge in [-0.1, -0.05) is 19.1 Å². The molecule has 2 unspecified atom stereocenters. The van der Waals surface area contributed by atoms with Crippen LogP contribution in [0.3, 0.4) is 0 Å². The summed E-state index contributed by atoms with van der Waals surface area (Å²) in [5, 5.41) is 3.53. The van der Waals surface area contributed by atoms with Crippen molar-refractivity contribution in [2.75, 3.05) is 19.6 Å². The van der Waals surface area contributed by atoms with Crippen molar-refractivity contribution in [2.24, 2.45) is 5.92 Å². The minimum absolute atomic E-state index is 0.152. The van der Waals surface area contributed by atoms with Crippen LogP contribution in [-0.2, 0) is 6.54 Å². The van der Waals surface area contributed by atoms with Gasteiger partial charge in [0, 0.05) is 19.1 Å². The Balaban J connectivity index is 1.88. The van der Waals surface area contributed by atoms with Crippen LogP contribution < -0.4 is 5.32 Å². The molecule has 1 aromatic rings. The molecule has 0 aliphatic carbocycles. The van der Waals surface area contributed by atoms with Gasteiger partial charge in [-0.25, -0.2) is 4.39 Å². The van der Waals surface area contributed by atoms with Crippen molar-refractivity contribution in [3.05, 3.63) is 35.6 Å². The van der Waals surface area contributed by atoms with Gasteiger partial charge in [-0.15, -0.1) is 0 Å². The first kappa shape index (κ1) is 14.5. The van der Waals surface area contributed by atoms with Crippen LogP contribution >= 0.6 is 0 Å². The lowest BCUT2D eigenvalue weighted by Crippen LogP contribution is -2.44. The molecule has 3 heteroatoms. The molecular formula is C16H25FN2. The first-order valence-corrected chi connectivity index (χ1v) is 7.39. The van der Waals surface area contributed by atoms with E-state index in [-0.39, 0.29) is 5.82 Å². The number of halogens is 1. The van der Waals surface area contributed by atoms with E-state index < -0.39 is 0 Å². The second-order valence-electron chi connectivity index (χ2n) is 5.61. The maximum atomic E-state index is 12.9. The third kappa shape index (κ3) is 4.29. The van der Waals surface area contributed by atoms with Gasteiger partial charge in [0.2, 0.25) is 0 Å². The average Bonchev–Trinajstić information content (AvgIpc) is 2.42. The van der Waals surface area contributed by atoms with Gasteiger partial charge in [0.1, 0.15) is 5.82 Å². The SMILES string of the molecule is CCNC(C)C1CCCN(Cc2ccc(F)cc2)C1. The van der Waals surface area contributed by atoms with E-state index in [1.807, 2.05) is 12.1 Å². The van der Waals surface area contributed by atoms with Crippen molar-refractivity contribution in [1.82, 2.24) is 10.2 Å². The molecular weight excluding hydrogens is 239 g/mol. The van der Waals surface area contributed by atoms with Gasteiger partial charge >= 0.3 is 0 Å². The summed E-state index contributed by atoms with van der Waals surface area (Å²) in [5.74, 6) is 0.579. The molecule has 2 rings (SSSR count). The third-order valence-electron chi connectivity index (χ3n) is 4.09. The predicted molar refractivity (Wildman–Crippen MR) is 77.5 cm³/mol. The fourth-order valence-electron chi connectivity index (χ4n) is 2.98. The molecule has 1 aliphatic heterocycles. The molecule has 0 spiro atoms. The van der Waals surface area contributed by atoms with Crippen LogP contribution in [0.5, 0.6) is 0 Å². The molecule has 0 saturated carbocycles. The number of hydrogen-bond acceptors (Lipinski definition) is 2. The molecule has 2 nitrogen and oxygen atoms in total. The second kappa shape index (κ2) is 7.01. The monoisotopic (exact) mass is 264 g/mol. The van der Waals surface area contributed by atoms with E-state index in [0.717, 1.165) is 32.1 Å². The van der Waals surface area contributed by atoms with Gasteiger partial charge in [0.05, 0.1) is 0 Å². The Kier molecular flexibility index (Phi) is 5.34. The Labute approximate surface area is 116 Å². The highest BCUT2D eigenvalue weighted by Gasteiger charge is 2.23. The average molecular weight is 264 g/mol. The molecule has 1 aliphatic rings. The van der Waals surface area contributed by atoms with E-state index in [1.54, 1.807) is 12.1 Å². The highest BCUT2D eigenvalue weighted by atomic mass is 19.1. The second-order valence-corrected chi connectivity index (χ2v) is 5.61. The number of nitrogens with one attached hydrogen (secondary N) is 1. The molecule has 0 bridgehead atoms. The number of likely N-dealkylation sites (tertiary alicyclic amines) is 1. The van der Waals surface area contributed by atoms with Gasteiger partial charge in [-0.2, -0.15) is 0 Å². The molecule has 1 saturated heterocycles. The van der Waals surface area contributed by atoms with Crippen LogP contribution in [0.15, 0.2) is 24.3 Å². The number of benzene rings is 1. The highest BCUT2D eigenvalue weighted by molar-refractivity contribution is 5.16. The molecule has 1 fully saturated rings. The summed E-state index contributed by atoms with van der Waals surface area (Å²) in [7, 11) is 0. The lowest BCUT2D eigenvalue weighted by Gasteiger charge is -2.36. The van der Waals surface area contributed by atoms with E-state index in [1.165, 1.54) is 18.4 Å². The summed E-state index contributed by atoms with van der Waals surface area (Å²) in [4.78, 5) is 2.50. The molecule has 0 radical (unpaired) electrons. The Bertz CT molecular complexity index is 377. The van der Waals surface area contributed by atoms with Gasteiger partial charge in [0.25, 0.3) is 0 Å². The Morgan fingerprint density at radius 3 is 2.79 bits per heavy atom. The van der Waals surface area contributed by atoms with Crippen LogP contribution in [0.4, 0.5) is 4.39 Å². The van der Waals surface area contributed by atoms with E-state index in [9.17, 15) is 4.39 Å². The normalized spacial score (nSPS) is 22.4. The minimum Gasteiger partial charge on any atom is -0.314 e. The number of rotatable bonds is 5. The van der Waals surface area contributed by atoms with Crippen molar-refractivity contribution in [2.45, 2.75) is 39.3 Å². The smallest absolute Gasteiger partial charge is 0.123 e. The maximum absolute atomic E-state index is 12.9. The van der Waals surface area contributed by atoms with Crippen molar-refractivity contribution in [3.8, 4) is 0 Å². The van der Waals surface area contributed by atoms with E-state index in [2.05, 4.69) is 24.1 Å². The van der Waals surface area contributed by atoms with Crippen LogP contribution in [-0.4, -0.2) is 30.6 Å². The summed E-state index contributed by atoms with van der Waals surface area (Å²) in [6.07, 6.45) is 2.58. The third-order valence-corrected chi connectivity index (χ3v) is 4.09. The topological polar surface area (TPSA) is 15.3 Å². The number of hydrogen-bond donors (Lipinski definition) is 1. The minimum atomic E-state index is -0.152. The van der Waals surface area contributed by atoms with Gasteiger partial charge in [-0.05, 0) is 56.5 Å². The Morgan fingerprint density at radius 1 is 1.37 bits per heavy atom. The van der Waals surface area contributed by atoms with E-state index >= 15 is 0 Å². The van der Waals surface area contributed by atoms with E-state index in [4.69, 9.17) is 0 Å². The maximum Gasteiger partial charge on any atom is 0.123 e. The van der Waals surface area contributed by atoms with Crippen LogP contribution in [0.1, 0.15) is 32.3 Å². The summed E-state index contributed by atoms with van der Waals surface area (Å²) < 4.78 is 12.9.